The first-order valence-corrected chi connectivity index (χ1v) is 9.17. The van der Waals surface area contributed by atoms with Gasteiger partial charge in [-0.25, -0.2) is 4.98 Å². The third kappa shape index (κ3) is 4.63. The van der Waals surface area contributed by atoms with Crippen molar-refractivity contribution in [2.45, 2.75) is 40.2 Å². The van der Waals surface area contributed by atoms with E-state index in [0.29, 0.717) is 5.92 Å². The van der Waals surface area contributed by atoms with E-state index >= 15 is 0 Å². The smallest absolute Gasteiger partial charge is 0.125 e. The van der Waals surface area contributed by atoms with Crippen LogP contribution in [0.4, 0.5) is 0 Å². The Hall–Kier alpha value is -0.710. The molecule has 0 spiro atoms. The van der Waals surface area contributed by atoms with E-state index in [4.69, 9.17) is 4.98 Å². The summed E-state index contributed by atoms with van der Waals surface area (Å²) in [5, 5.41) is 4.62. The van der Waals surface area contributed by atoms with Crippen LogP contribution in [0.25, 0.3) is 10.6 Å². The second-order valence-electron chi connectivity index (χ2n) is 5.64. The zero-order valence-corrected chi connectivity index (χ0v) is 15.4. The summed E-state index contributed by atoms with van der Waals surface area (Å²) in [4.78, 5) is 6.29. The van der Waals surface area contributed by atoms with Crippen molar-refractivity contribution in [1.29, 1.82) is 0 Å². The third-order valence-electron chi connectivity index (χ3n) is 3.20. The van der Waals surface area contributed by atoms with E-state index in [1.807, 2.05) is 17.4 Å². The average molecular weight is 367 g/mol. The highest BCUT2D eigenvalue weighted by Gasteiger charge is 2.14. The fourth-order valence-electron chi connectivity index (χ4n) is 2.20. The molecule has 0 unspecified atom stereocenters. The lowest BCUT2D eigenvalue weighted by Gasteiger charge is -2.05. The molecule has 0 saturated carbocycles. The quantitative estimate of drug-likeness (QED) is 0.675. The Labute approximate surface area is 140 Å². The van der Waals surface area contributed by atoms with Crippen molar-refractivity contribution in [1.82, 2.24) is 10.3 Å². The lowest BCUT2D eigenvalue weighted by atomic mass is 10.1. The molecule has 0 aliphatic rings. The standard InChI is InChI=1S/C17H23BrN2S/c1-4-9-19-11-16-15(10-12(2)3)20-17(21-16)13-7-5-6-8-14(13)18/h5-8,12,19H,4,9-11H2,1-3H3. The van der Waals surface area contributed by atoms with Gasteiger partial charge >= 0.3 is 0 Å². The van der Waals surface area contributed by atoms with Crippen LogP contribution in [0, 0.1) is 5.92 Å². The largest absolute Gasteiger partial charge is 0.312 e. The first-order valence-electron chi connectivity index (χ1n) is 7.56. The van der Waals surface area contributed by atoms with Gasteiger partial charge in [0.25, 0.3) is 0 Å². The normalized spacial score (nSPS) is 11.3. The molecule has 2 nitrogen and oxygen atoms in total. The fraction of sp³-hybridized carbons (Fsp3) is 0.471. The summed E-state index contributed by atoms with van der Waals surface area (Å²) < 4.78 is 1.11. The molecule has 0 atom stereocenters. The molecular formula is C17H23BrN2S. The molecule has 0 amide bonds. The highest BCUT2D eigenvalue weighted by atomic mass is 79.9. The summed E-state index contributed by atoms with van der Waals surface area (Å²) in [5.41, 5.74) is 2.44. The average Bonchev–Trinajstić information content (AvgIpc) is 2.82. The Balaban J connectivity index is 2.28. The molecule has 4 heteroatoms. The van der Waals surface area contributed by atoms with Gasteiger partial charge in [-0.2, -0.15) is 0 Å². The minimum absolute atomic E-state index is 0.629. The van der Waals surface area contributed by atoms with Crippen molar-refractivity contribution < 1.29 is 0 Å². The minimum atomic E-state index is 0.629. The molecule has 2 rings (SSSR count). The number of hydrogen-bond donors (Lipinski definition) is 1. The highest BCUT2D eigenvalue weighted by Crippen LogP contribution is 2.33. The molecule has 1 heterocycles. The van der Waals surface area contributed by atoms with Gasteiger partial charge in [0.05, 0.1) is 5.69 Å². The number of thiazole rings is 1. The predicted molar refractivity (Wildman–Crippen MR) is 95.8 cm³/mol. The molecule has 2 aromatic rings. The number of halogens is 1. The van der Waals surface area contributed by atoms with Gasteiger partial charge in [-0.1, -0.05) is 54.9 Å². The maximum Gasteiger partial charge on any atom is 0.125 e. The van der Waals surface area contributed by atoms with E-state index in [2.05, 4.69) is 60.2 Å². The van der Waals surface area contributed by atoms with E-state index in [1.54, 1.807) is 0 Å². The molecule has 0 fully saturated rings. The van der Waals surface area contributed by atoms with Crippen LogP contribution in [-0.4, -0.2) is 11.5 Å². The number of nitrogens with one attached hydrogen (secondary N) is 1. The zero-order chi connectivity index (χ0) is 15.2. The van der Waals surface area contributed by atoms with Gasteiger partial charge in [0.1, 0.15) is 5.01 Å². The van der Waals surface area contributed by atoms with E-state index in [1.165, 1.54) is 16.1 Å². The van der Waals surface area contributed by atoms with Gasteiger partial charge in [0.15, 0.2) is 0 Å². The lowest BCUT2D eigenvalue weighted by Crippen LogP contribution is -2.14. The van der Waals surface area contributed by atoms with Crippen molar-refractivity contribution in [2.24, 2.45) is 5.92 Å². The Morgan fingerprint density at radius 1 is 1.29 bits per heavy atom. The van der Waals surface area contributed by atoms with Gasteiger partial charge in [-0.15, -0.1) is 11.3 Å². The molecule has 1 aromatic carbocycles. The van der Waals surface area contributed by atoms with Crippen LogP contribution in [-0.2, 0) is 13.0 Å². The molecule has 0 aliphatic heterocycles. The topological polar surface area (TPSA) is 24.9 Å². The van der Waals surface area contributed by atoms with Gasteiger partial charge < -0.3 is 5.32 Å². The van der Waals surface area contributed by atoms with Crippen molar-refractivity contribution in [2.75, 3.05) is 6.54 Å². The maximum absolute atomic E-state index is 4.91. The third-order valence-corrected chi connectivity index (χ3v) is 5.02. The first kappa shape index (κ1) is 16.7. The van der Waals surface area contributed by atoms with Gasteiger partial charge in [-0.3, -0.25) is 0 Å². The van der Waals surface area contributed by atoms with Crippen LogP contribution in [0.15, 0.2) is 28.7 Å². The van der Waals surface area contributed by atoms with Crippen LogP contribution in [0.3, 0.4) is 0 Å². The predicted octanol–water partition coefficient (Wildman–Crippen LogP) is 5.27. The Morgan fingerprint density at radius 2 is 2.05 bits per heavy atom. The lowest BCUT2D eigenvalue weighted by molar-refractivity contribution is 0.623. The maximum atomic E-state index is 4.91. The van der Waals surface area contributed by atoms with E-state index < -0.39 is 0 Å². The van der Waals surface area contributed by atoms with Gasteiger partial charge in [-0.05, 0) is 31.4 Å². The van der Waals surface area contributed by atoms with E-state index in [-0.39, 0.29) is 0 Å². The fourth-order valence-corrected chi connectivity index (χ4v) is 3.90. The Morgan fingerprint density at radius 3 is 2.71 bits per heavy atom. The van der Waals surface area contributed by atoms with E-state index in [0.717, 1.165) is 35.4 Å². The van der Waals surface area contributed by atoms with Crippen LogP contribution in [0.1, 0.15) is 37.8 Å². The van der Waals surface area contributed by atoms with Crippen LogP contribution < -0.4 is 5.32 Å². The summed E-state index contributed by atoms with van der Waals surface area (Å²) in [5.74, 6) is 0.629. The molecule has 0 radical (unpaired) electrons. The number of hydrogen-bond acceptors (Lipinski definition) is 3. The van der Waals surface area contributed by atoms with Crippen molar-refractivity contribution in [3.8, 4) is 10.6 Å². The first-order chi connectivity index (χ1) is 10.1. The van der Waals surface area contributed by atoms with Crippen molar-refractivity contribution >= 4 is 27.3 Å². The number of rotatable bonds is 7. The molecule has 0 bridgehead atoms. The Kier molecular flexibility index (Phi) is 6.40. The monoisotopic (exact) mass is 366 g/mol. The summed E-state index contributed by atoms with van der Waals surface area (Å²) in [6, 6.07) is 8.32. The number of nitrogens with zero attached hydrogens (tertiary/aromatic N) is 1. The SMILES string of the molecule is CCCNCc1sc(-c2ccccc2Br)nc1CC(C)C. The highest BCUT2D eigenvalue weighted by molar-refractivity contribution is 9.10. The van der Waals surface area contributed by atoms with Crippen LogP contribution >= 0.6 is 27.3 Å². The molecular weight excluding hydrogens is 344 g/mol. The Bertz CT molecular complexity index is 578. The number of benzene rings is 1. The van der Waals surface area contributed by atoms with Gasteiger partial charge in [0.2, 0.25) is 0 Å². The minimum Gasteiger partial charge on any atom is -0.312 e. The van der Waals surface area contributed by atoms with Gasteiger partial charge in [0, 0.05) is 21.5 Å². The second-order valence-corrected chi connectivity index (χ2v) is 7.58. The van der Waals surface area contributed by atoms with Crippen molar-refractivity contribution in [3.63, 3.8) is 0 Å². The summed E-state index contributed by atoms with van der Waals surface area (Å²) in [7, 11) is 0. The summed E-state index contributed by atoms with van der Waals surface area (Å²) in [6.07, 6.45) is 2.21. The summed E-state index contributed by atoms with van der Waals surface area (Å²) >= 11 is 5.45. The van der Waals surface area contributed by atoms with Crippen LogP contribution in [0.5, 0.6) is 0 Å². The molecule has 0 saturated heterocycles. The molecule has 21 heavy (non-hydrogen) atoms. The zero-order valence-electron chi connectivity index (χ0n) is 12.9. The van der Waals surface area contributed by atoms with E-state index in [9.17, 15) is 0 Å². The molecule has 114 valence electrons. The summed E-state index contributed by atoms with van der Waals surface area (Å²) in [6.45, 7) is 8.68. The molecule has 0 aliphatic carbocycles. The molecule has 1 N–H and O–H groups in total. The number of aromatic nitrogens is 1. The van der Waals surface area contributed by atoms with Crippen molar-refractivity contribution in [3.05, 3.63) is 39.3 Å². The second kappa shape index (κ2) is 8.06. The van der Waals surface area contributed by atoms with Crippen LogP contribution in [0.2, 0.25) is 0 Å². The molecule has 1 aromatic heterocycles.